The number of methoxy groups -OCH3 is 1. The zero-order chi connectivity index (χ0) is 27.2. The number of ether oxygens (including phenoxy) is 1. The number of nitrogens with one attached hydrogen (secondary N) is 2. The predicted molar refractivity (Wildman–Crippen MR) is 146 cm³/mol. The Morgan fingerprint density at radius 2 is 1.70 bits per heavy atom. The number of carbonyl (C=O) groups is 2. The molecule has 3 rings (SSSR count). The summed E-state index contributed by atoms with van der Waals surface area (Å²) in [6.07, 6.45) is 0.982. The molecule has 3 aromatic rings. The summed E-state index contributed by atoms with van der Waals surface area (Å²) in [6.45, 7) is 1.14. The van der Waals surface area contributed by atoms with Crippen LogP contribution in [0.2, 0.25) is 10.0 Å². The molecular weight excluding hydrogens is 539 g/mol. The predicted octanol–water partition coefficient (Wildman–Crippen LogP) is 4.56. The van der Waals surface area contributed by atoms with E-state index >= 15 is 0 Å². The molecule has 0 spiro atoms. The minimum atomic E-state index is -3.81. The number of hydrogen-bond acceptors (Lipinski definition) is 6. The molecule has 0 bridgehead atoms. The third-order valence-electron chi connectivity index (χ3n) is 5.08. The molecular formula is C25H24Cl2N4O5S. The SMILES string of the molecule is COc1ccc(N(CC(=O)N/N=C(/C)c2cccc(NC(=O)c3cccc(Cl)c3)c2)S(C)(=O)=O)cc1Cl. The molecule has 0 aliphatic rings. The van der Waals surface area contributed by atoms with E-state index < -0.39 is 22.5 Å². The van der Waals surface area contributed by atoms with Gasteiger partial charge in [-0.15, -0.1) is 0 Å². The van der Waals surface area contributed by atoms with Crippen LogP contribution in [0.1, 0.15) is 22.8 Å². The number of sulfonamides is 1. The number of hydrazone groups is 1. The van der Waals surface area contributed by atoms with Crippen molar-refractivity contribution in [3.63, 3.8) is 0 Å². The molecule has 2 amide bonds. The van der Waals surface area contributed by atoms with Gasteiger partial charge in [-0.2, -0.15) is 5.10 Å². The highest BCUT2D eigenvalue weighted by Gasteiger charge is 2.22. The minimum absolute atomic E-state index is 0.199. The number of hydrogen-bond donors (Lipinski definition) is 2. The third kappa shape index (κ3) is 7.69. The lowest BCUT2D eigenvalue weighted by atomic mass is 10.1. The zero-order valence-corrected chi connectivity index (χ0v) is 22.5. The summed E-state index contributed by atoms with van der Waals surface area (Å²) in [6, 6.07) is 17.8. The number of carbonyl (C=O) groups excluding carboxylic acids is 2. The van der Waals surface area contributed by atoms with Gasteiger partial charge in [0.15, 0.2) is 0 Å². The third-order valence-corrected chi connectivity index (χ3v) is 6.76. The summed E-state index contributed by atoms with van der Waals surface area (Å²) in [7, 11) is -2.37. The van der Waals surface area contributed by atoms with Crippen molar-refractivity contribution >= 4 is 62.1 Å². The Labute approximate surface area is 225 Å². The molecule has 12 heteroatoms. The van der Waals surface area contributed by atoms with Crippen molar-refractivity contribution in [3.8, 4) is 5.75 Å². The average molecular weight is 563 g/mol. The lowest BCUT2D eigenvalue weighted by Crippen LogP contribution is -2.39. The van der Waals surface area contributed by atoms with Gasteiger partial charge in [0.25, 0.3) is 11.8 Å². The van der Waals surface area contributed by atoms with Gasteiger partial charge in [-0.25, -0.2) is 13.8 Å². The first kappa shape index (κ1) is 28.0. The highest BCUT2D eigenvalue weighted by atomic mass is 35.5. The highest BCUT2D eigenvalue weighted by molar-refractivity contribution is 7.92. The molecule has 0 unspecified atom stereocenters. The van der Waals surface area contributed by atoms with Crippen LogP contribution in [-0.2, 0) is 14.8 Å². The molecule has 0 radical (unpaired) electrons. The Kier molecular flexibility index (Phi) is 9.14. The second kappa shape index (κ2) is 12.1. The average Bonchev–Trinajstić information content (AvgIpc) is 2.85. The van der Waals surface area contributed by atoms with Gasteiger partial charge >= 0.3 is 0 Å². The van der Waals surface area contributed by atoms with E-state index in [1.165, 1.54) is 25.3 Å². The van der Waals surface area contributed by atoms with E-state index in [9.17, 15) is 18.0 Å². The number of anilines is 2. The summed E-state index contributed by atoms with van der Waals surface area (Å²) >= 11 is 12.1. The van der Waals surface area contributed by atoms with Gasteiger partial charge in [0.1, 0.15) is 12.3 Å². The fourth-order valence-electron chi connectivity index (χ4n) is 3.24. The maximum Gasteiger partial charge on any atom is 0.260 e. The number of benzene rings is 3. The van der Waals surface area contributed by atoms with Gasteiger partial charge in [-0.1, -0.05) is 41.4 Å². The van der Waals surface area contributed by atoms with Crippen LogP contribution in [0, 0.1) is 0 Å². The molecule has 0 aliphatic carbocycles. The Hall–Kier alpha value is -3.60. The van der Waals surface area contributed by atoms with E-state index in [0.717, 1.165) is 10.6 Å². The molecule has 0 aliphatic heterocycles. The van der Waals surface area contributed by atoms with Crippen LogP contribution >= 0.6 is 23.2 Å². The maximum absolute atomic E-state index is 12.6. The smallest absolute Gasteiger partial charge is 0.260 e. The first-order chi connectivity index (χ1) is 17.5. The first-order valence-corrected chi connectivity index (χ1v) is 13.4. The monoisotopic (exact) mass is 562 g/mol. The standard InChI is InChI=1S/C25H24Cl2N4O5S/c1-16(17-6-5-9-20(13-17)28-25(33)18-7-4-8-19(26)12-18)29-30-24(32)15-31(37(3,34)35)21-10-11-23(36-2)22(27)14-21/h4-14H,15H2,1-3H3,(H,28,33)(H,30,32)/b29-16-. The molecule has 0 heterocycles. The lowest BCUT2D eigenvalue weighted by Gasteiger charge is -2.22. The van der Waals surface area contributed by atoms with Crippen LogP contribution < -0.4 is 19.8 Å². The Balaban J connectivity index is 1.70. The van der Waals surface area contributed by atoms with E-state index in [2.05, 4.69) is 15.8 Å². The lowest BCUT2D eigenvalue weighted by molar-refractivity contribution is -0.119. The van der Waals surface area contributed by atoms with Crippen molar-refractivity contribution in [1.82, 2.24) is 5.43 Å². The van der Waals surface area contributed by atoms with Crippen LogP contribution in [0.5, 0.6) is 5.75 Å². The molecule has 37 heavy (non-hydrogen) atoms. The molecule has 0 saturated heterocycles. The summed E-state index contributed by atoms with van der Waals surface area (Å²) < 4.78 is 30.7. The zero-order valence-electron chi connectivity index (χ0n) is 20.2. The Morgan fingerprint density at radius 3 is 2.35 bits per heavy atom. The minimum Gasteiger partial charge on any atom is -0.495 e. The first-order valence-electron chi connectivity index (χ1n) is 10.8. The summed E-state index contributed by atoms with van der Waals surface area (Å²) in [5.41, 5.74) is 4.56. The van der Waals surface area contributed by atoms with Crippen molar-refractivity contribution in [2.45, 2.75) is 6.92 Å². The van der Waals surface area contributed by atoms with E-state index in [0.29, 0.717) is 33.3 Å². The number of halogens is 2. The van der Waals surface area contributed by atoms with Crippen LogP contribution in [0.4, 0.5) is 11.4 Å². The van der Waals surface area contributed by atoms with Gasteiger partial charge in [0, 0.05) is 16.3 Å². The van der Waals surface area contributed by atoms with E-state index in [1.54, 1.807) is 55.5 Å². The normalized spacial score (nSPS) is 11.5. The van der Waals surface area contributed by atoms with Crippen molar-refractivity contribution in [3.05, 3.63) is 87.9 Å². The van der Waals surface area contributed by atoms with Crippen LogP contribution in [0.3, 0.4) is 0 Å². The molecule has 2 N–H and O–H groups in total. The summed E-state index contributed by atoms with van der Waals surface area (Å²) in [4.78, 5) is 25.1. The molecule has 0 saturated carbocycles. The second-order valence-corrected chi connectivity index (χ2v) is 10.6. The summed E-state index contributed by atoms with van der Waals surface area (Å²) in [5, 5.41) is 7.51. The second-order valence-electron chi connectivity index (χ2n) is 7.87. The van der Waals surface area contributed by atoms with E-state index in [-0.39, 0.29) is 16.6 Å². The van der Waals surface area contributed by atoms with Crippen LogP contribution in [-0.4, -0.2) is 45.9 Å². The van der Waals surface area contributed by atoms with Gasteiger partial charge in [0.2, 0.25) is 10.0 Å². The quantitative estimate of drug-likeness (QED) is 0.293. The van der Waals surface area contributed by atoms with Crippen molar-refractivity contribution in [2.75, 3.05) is 29.5 Å². The molecule has 9 nitrogen and oxygen atoms in total. The van der Waals surface area contributed by atoms with E-state index in [1.807, 2.05) is 0 Å². The fourth-order valence-corrected chi connectivity index (χ4v) is 4.53. The van der Waals surface area contributed by atoms with Gasteiger partial charge in [0.05, 0.1) is 29.8 Å². The number of amides is 2. The molecule has 3 aromatic carbocycles. The van der Waals surface area contributed by atoms with Gasteiger partial charge < -0.3 is 10.1 Å². The van der Waals surface area contributed by atoms with Crippen molar-refractivity contribution in [2.24, 2.45) is 5.10 Å². The number of rotatable bonds is 9. The molecule has 0 fully saturated rings. The van der Waals surface area contributed by atoms with Gasteiger partial charge in [-0.3, -0.25) is 13.9 Å². The Bertz CT molecular complexity index is 1460. The van der Waals surface area contributed by atoms with Crippen LogP contribution in [0.25, 0.3) is 0 Å². The summed E-state index contributed by atoms with van der Waals surface area (Å²) in [5.74, 6) is -0.626. The van der Waals surface area contributed by atoms with E-state index in [4.69, 9.17) is 27.9 Å². The topological polar surface area (TPSA) is 117 Å². The Morgan fingerprint density at radius 1 is 1.00 bits per heavy atom. The van der Waals surface area contributed by atoms with Crippen LogP contribution in [0.15, 0.2) is 71.8 Å². The highest BCUT2D eigenvalue weighted by Crippen LogP contribution is 2.30. The maximum atomic E-state index is 12.6. The largest absolute Gasteiger partial charge is 0.495 e. The number of nitrogens with zero attached hydrogens (tertiary/aromatic N) is 2. The fraction of sp³-hybridized carbons (Fsp3) is 0.160. The van der Waals surface area contributed by atoms with Crippen molar-refractivity contribution < 1.29 is 22.7 Å². The molecule has 0 aromatic heterocycles. The van der Waals surface area contributed by atoms with Gasteiger partial charge in [-0.05, 0) is 61.0 Å². The molecule has 0 atom stereocenters. The van der Waals surface area contributed by atoms with Crippen molar-refractivity contribution in [1.29, 1.82) is 0 Å². The molecule has 194 valence electrons.